The monoisotopic (exact) mass is 764 g/mol. The van der Waals surface area contributed by atoms with E-state index in [1.54, 1.807) is 87.6 Å². The number of methoxy groups -OCH3 is 1. The van der Waals surface area contributed by atoms with Gasteiger partial charge in [-0.05, 0) is 70.0 Å². The number of hydrogen-bond acceptors (Lipinski definition) is 8. The van der Waals surface area contributed by atoms with E-state index in [1.807, 2.05) is 12.1 Å². The highest BCUT2D eigenvalue weighted by Crippen LogP contribution is 2.41. The van der Waals surface area contributed by atoms with Crippen LogP contribution in [0.1, 0.15) is 61.6 Å². The van der Waals surface area contributed by atoms with Gasteiger partial charge in [0.1, 0.15) is 17.0 Å². The zero-order valence-corrected chi connectivity index (χ0v) is 31.6. The van der Waals surface area contributed by atoms with E-state index in [0.29, 0.717) is 71.2 Å². The summed E-state index contributed by atoms with van der Waals surface area (Å²) in [6, 6.07) is 15.7. The van der Waals surface area contributed by atoms with Crippen LogP contribution in [0.2, 0.25) is 10.0 Å². The maximum atomic E-state index is 13.3. The number of anilines is 1. The molecule has 0 aliphatic carbocycles. The molecule has 1 atom stereocenters. The quantitative estimate of drug-likeness (QED) is 0.111. The minimum absolute atomic E-state index is 0.0403. The van der Waals surface area contributed by atoms with E-state index in [2.05, 4.69) is 25.9 Å². The van der Waals surface area contributed by atoms with Crippen LogP contribution in [0.25, 0.3) is 22.4 Å². The number of ether oxygens (including phenoxy) is 2. The molecule has 0 saturated carbocycles. The second-order valence-electron chi connectivity index (χ2n) is 13.6. The Balaban J connectivity index is 1.35. The summed E-state index contributed by atoms with van der Waals surface area (Å²) in [7, 11) is 1.54. The number of pyridine rings is 2. The molecule has 3 amide bonds. The molecule has 1 aliphatic rings. The number of hydrogen-bond donors (Lipinski definition) is 3. The molecule has 0 unspecified atom stereocenters. The van der Waals surface area contributed by atoms with Gasteiger partial charge in [-0.1, -0.05) is 53.5 Å². The average molecular weight is 766 g/mol. The molecule has 0 spiro atoms. The summed E-state index contributed by atoms with van der Waals surface area (Å²) in [6.07, 6.45) is 4.20. The molecule has 5 rings (SSSR count). The zero-order chi connectivity index (χ0) is 38.1. The van der Waals surface area contributed by atoms with Gasteiger partial charge in [-0.2, -0.15) is 0 Å². The third kappa shape index (κ3) is 10.4. The Morgan fingerprint density at radius 1 is 1.06 bits per heavy atom. The fourth-order valence-electron chi connectivity index (χ4n) is 5.80. The Morgan fingerprint density at radius 3 is 2.53 bits per heavy atom. The van der Waals surface area contributed by atoms with Crippen LogP contribution in [0.4, 0.5) is 14.9 Å². The maximum absolute atomic E-state index is 13.3. The van der Waals surface area contributed by atoms with Crippen molar-refractivity contribution < 1.29 is 28.2 Å². The molecule has 280 valence electrons. The van der Waals surface area contributed by atoms with E-state index in [0.717, 1.165) is 11.1 Å². The number of nitrogens with one attached hydrogen (secondary N) is 3. The van der Waals surface area contributed by atoms with Crippen LogP contribution in [0, 0.1) is 0 Å². The third-order valence-electron chi connectivity index (χ3n) is 8.40. The lowest BCUT2D eigenvalue weighted by Crippen LogP contribution is -2.43. The molecule has 4 aromatic rings. The number of halogens is 3. The van der Waals surface area contributed by atoms with Gasteiger partial charge in [-0.25, -0.2) is 4.79 Å². The second-order valence-corrected chi connectivity index (χ2v) is 14.4. The maximum Gasteiger partial charge on any atom is 0.410 e. The molecular weight excluding hydrogens is 722 g/mol. The van der Waals surface area contributed by atoms with Gasteiger partial charge in [-0.15, -0.1) is 0 Å². The smallest absolute Gasteiger partial charge is 0.410 e. The lowest BCUT2D eigenvalue weighted by molar-refractivity contribution is -0.119. The summed E-state index contributed by atoms with van der Waals surface area (Å²) in [6.45, 7) is 6.56. The molecule has 3 heterocycles. The number of carbonyl (C=O) groups is 3. The minimum atomic E-state index is -0.704. The molecule has 0 radical (unpaired) electrons. The molecule has 14 heteroatoms. The molecule has 11 nitrogen and oxygen atoms in total. The van der Waals surface area contributed by atoms with Crippen molar-refractivity contribution in [2.75, 3.05) is 32.2 Å². The SMILES string of the molecule is COc1cc(-c2nccc(-c3cccc(NC(=O)c4ccc(CNCCCF)cn4)c3Cl)c2Cl)ccc1CN(C[C@@H]1CCC(=O)N1)C(=O)OC(C)(C)C. The topological polar surface area (TPSA) is 135 Å². The summed E-state index contributed by atoms with van der Waals surface area (Å²) < 4.78 is 23.8. The largest absolute Gasteiger partial charge is 0.496 e. The van der Waals surface area contributed by atoms with Gasteiger partial charge in [0.15, 0.2) is 0 Å². The van der Waals surface area contributed by atoms with Crippen molar-refractivity contribution in [3.8, 4) is 28.1 Å². The predicted molar refractivity (Wildman–Crippen MR) is 204 cm³/mol. The van der Waals surface area contributed by atoms with E-state index >= 15 is 0 Å². The molecule has 2 aromatic heterocycles. The van der Waals surface area contributed by atoms with Gasteiger partial charge in [0, 0.05) is 60.2 Å². The van der Waals surface area contributed by atoms with Crippen LogP contribution < -0.4 is 20.7 Å². The van der Waals surface area contributed by atoms with Gasteiger partial charge < -0.3 is 30.3 Å². The van der Waals surface area contributed by atoms with Gasteiger partial charge in [0.2, 0.25) is 5.91 Å². The number of amides is 3. The minimum Gasteiger partial charge on any atom is -0.496 e. The first-order valence-corrected chi connectivity index (χ1v) is 18.0. The molecule has 2 aromatic carbocycles. The van der Waals surface area contributed by atoms with Crippen LogP contribution >= 0.6 is 23.2 Å². The molecular formula is C39H43Cl2FN6O5. The Labute approximate surface area is 318 Å². The van der Waals surface area contributed by atoms with Crippen molar-refractivity contribution in [3.05, 3.63) is 93.9 Å². The van der Waals surface area contributed by atoms with Gasteiger partial charge in [-0.3, -0.25) is 23.9 Å². The molecule has 3 N–H and O–H groups in total. The Bertz CT molecular complexity index is 1940. The summed E-state index contributed by atoms with van der Waals surface area (Å²) in [4.78, 5) is 48.6. The third-order valence-corrected chi connectivity index (χ3v) is 9.19. The zero-order valence-electron chi connectivity index (χ0n) is 30.1. The second kappa shape index (κ2) is 17.8. The van der Waals surface area contributed by atoms with Crippen molar-refractivity contribution in [2.45, 2.75) is 64.8 Å². The molecule has 53 heavy (non-hydrogen) atoms. The summed E-state index contributed by atoms with van der Waals surface area (Å²) >= 11 is 13.9. The van der Waals surface area contributed by atoms with Crippen molar-refractivity contribution in [1.29, 1.82) is 0 Å². The number of benzene rings is 2. The first-order chi connectivity index (χ1) is 25.4. The number of alkyl halides is 1. The van der Waals surface area contributed by atoms with Crippen molar-refractivity contribution in [3.63, 3.8) is 0 Å². The molecule has 0 bridgehead atoms. The number of carbonyl (C=O) groups excluding carboxylic acids is 3. The normalized spacial score (nSPS) is 14.1. The van der Waals surface area contributed by atoms with Crippen LogP contribution in [-0.2, 0) is 22.6 Å². The van der Waals surface area contributed by atoms with Crippen molar-refractivity contribution in [2.24, 2.45) is 0 Å². The summed E-state index contributed by atoms with van der Waals surface area (Å²) in [5.41, 5.74) is 3.78. The molecule has 1 saturated heterocycles. The van der Waals surface area contributed by atoms with Crippen LogP contribution in [0.15, 0.2) is 67.0 Å². The molecule has 1 aliphatic heterocycles. The highest BCUT2D eigenvalue weighted by atomic mass is 35.5. The van der Waals surface area contributed by atoms with Crippen molar-refractivity contribution in [1.82, 2.24) is 25.5 Å². The van der Waals surface area contributed by atoms with E-state index in [1.165, 1.54) is 0 Å². The fourth-order valence-corrected chi connectivity index (χ4v) is 6.40. The first kappa shape index (κ1) is 39.4. The Kier molecular flexibility index (Phi) is 13.3. The van der Waals surface area contributed by atoms with Gasteiger partial charge in [0.05, 0.1) is 41.8 Å². The Morgan fingerprint density at radius 2 is 1.85 bits per heavy atom. The lowest BCUT2D eigenvalue weighted by Gasteiger charge is -2.29. The average Bonchev–Trinajstić information content (AvgIpc) is 3.54. The van der Waals surface area contributed by atoms with E-state index in [4.69, 9.17) is 32.7 Å². The van der Waals surface area contributed by atoms with Crippen molar-refractivity contribution >= 4 is 46.8 Å². The van der Waals surface area contributed by atoms with E-state index in [-0.39, 0.29) is 42.4 Å². The number of rotatable bonds is 14. The predicted octanol–water partition coefficient (Wildman–Crippen LogP) is 7.84. The van der Waals surface area contributed by atoms with Crippen LogP contribution in [0.5, 0.6) is 5.75 Å². The highest BCUT2D eigenvalue weighted by molar-refractivity contribution is 6.39. The van der Waals surface area contributed by atoms with Gasteiger partial charge >= 0.3 is 6.09 Å². The highest BCUT2D eigenvalue weighted by Gasteiger charge is 2.29. The standard InChI is InChI=1S/C39H43Cl2FN6O5/c1-39(2,3)53-38(51)48(23-27-12-14-33(49)46-27)22-26-11-10-25(19-32(26)52-4)36-35(41)29(15-18-44-36)28-7-5-8-30(34(28)40)47-37(50)31-13-9-24(21-45-31)20-43-17-6-16-42/h5,7-11,13,15,18-19,21,27,43H,6,12,14,16-17,20,22-23H2,1-4H3,(H,46,49)(H,47,50)/t27-/m0/s1. The summed E-state index contributed by atoms with van der Waals surface area (Å²) in [5, 5.41) is 9.50. The van der Waals surface area contributed by atoms with Gasteiger partial charge in [0.25, 0.3) is 5.91 Å². The van der Waals surface area contributed by atoms with E-state index in [9.17, 15) is 18.8 Å². The van der Waals surface area contributed by atoms with Crippen LogP contribution in [-0.4, -0.2) is 71.3 Å². The van der Waals surface area contributed by atoms with E-state index < -0.39 is 17.6 Å². The summed E-state index contributed by atoms with van der Waals surface area (Å²) in [5.74, 6) is 0.0293. The Hall–Kier alpha value is -4.78. The number of nitrogens with zero attached hydrogens (tertiary/aromatic N) is 3. The first-order valence-electron chi connectivity index (χ1n) is 17.3. The number of aromatic nitrogens is 2. The lowest BCUT2D eigenvalue weighted by atomic mass is 10.0. The fraction of sp³-hybridized carbons (Fsp3) is 0.359. The van der Waals surface area contributed by atoms with Crippen LogP contribution in [0.3, 0.4) is 0 Å². The molecule has 1 fully saturated rings.